The molecule has 0 aromatic heterocycles. The van der Waals surface area contributed by atoms with Gasteiger partial charge in [0.15, 0.2) is 0 Å². The third-order valence-corrected chi connectivity index (χ3v) is 10.2. The molecule has 3 saturated heterocycles. The largest absolute Gasteiger partial charge is 0.455 e. The fraction of sp³-hybridized carbons (Fsp3) is 0.487. The molecule has 3 amide bonds. The van der Waals surface area contributed by atoms with E-state index in [0.717, 1.165) is 5.56 Å². The van der Waals surface area contributed by atoms with Crippen LogP contribution in [0.25, 0.3) is 0 Å². The number of fused-ring (bicyclic) bond motifs is 1. The standard InChI is InChI=1S/C39H49N3O7/c1-6-8-19-31(44)40-26(5)34(28-17-13-10-14-18-28)48-38(47)32-30-20-21-39(49-30)33(32)36(45)42(29(24-43)25(3)4)35(39)37(46)41(22-7-2)23-27-15-11-9-12-16-27/h6-7,9-18,25-26,29-30,32-35,43H,1-2,8,19-24H2,3-5H3,(H,40,44)/t26-,29+,30-,32+,33+,34-,35-,39+/m1/s1. The lowest BCUT2D eigenvalue weighted by Crippen LogP contribution is -2.59. The molecule has 3 aliphatic heterocycles. The van der Waals surface area contributed by atoms with Gasteiger partial charge in [-0.05, 0) is 43.2 Å². The Balaban J connectivity index is 1.49. The molecule has 3 heterocycles. The van der Waals surface area contributed by atoms with Gasteiger partial charge >= 0.3 is 5.97 Å². The Labute approximate surface area is 289 Å². The van der Waals surface area contributed by atoms with Gasteiger partial charge in [-0.2, -0.15) is 0 Å². The highest BCUT2D eigenvalue weighted by Crippen LogP contribution is 2.59. The molecule has 49 heavy (non-hydrogen) atoms. The Bertz CT molecular complexity index is 1510. The number of aliphatic hydroxyl groups is 1. The van der Waals surface area contributed by atoms with Gasteiger partial charge in [-0.3, -0.25) is 19.2 Å². The predicted molar refractivity (Wildman–Crippen MR) is 185 cm³/mol. The number of aliphatic hydroxyl groups excluding tert-OH is 1. The molecule has 0 saturated carbocycles. The fourth-order valence-electron chi connectivity index (χ4n) is 7.92. The highest BCUT2D eigenvalue weighted by molar-refractivity contribution is 5.98. The maximum Gasteiger partial charge on any atom is 0.313 e. The molecule has 5 rings (SSSR count). The van der Waals surface area contributed by atoms with Gasteiger partial charge in [0.1, 0.15) is 17.7 Å². The zero-order chi connectivity index (χ0) is 35.3. The number of carbonyl (C=O) groups excluding carboxylic acids is 4. The third kappa shape index (κ3) is 7.07. The lowest BCUT2D eigenvalue weighted by molar-refractivity contribution is -0.163. The number of carbonyl (C=O) groups is 4. The summed E-state index contributed by atoms with van der Waals surface area (Å²) in [6.45, 7) is 13.3. The summed E-state index contributed by atoms with van der Waals surface area (Å²) in [5.74, 6) is -3.64. The van der Waals surface area contributed by atoms with Gasteiger partial charge in [-0.1, -0.05) is 86.7 Å². The quantitative estimate of drug-likeness (QED) is 0.201. The molecular weight excluding hydrogens is 622 g/mol. The van der Waals surface area contributed by atoms with E-state index in [0.29, 0.717) is 31.4 Å². The van der Waals surface area contributed by atoms with Crippen molar-refractivity contribution in [3.05, 3.63) is 97.1 Å². The lowest BCUT2D eigenvalue weighted by Gasteiger charge is -2.40. The summed E-state index contributed by atoms with van der Waals surface area (Å²) >= 11 is 0. The van der Waals surface area contributed by atoms with Crippen LogP contribution in [0, 0.1) is 17.8 Å². The molecule has 2 bridgehead atoms. The maximum atomic E-state index is 14.7. The minimum atomic E-state index is -1.27. The Hall–Kier alpha value is -4.28. The van der Waals surface area contributed by atoms with Crippen molar-refractivity contribution in [3.63, 3.8) is 0 Å². The van der Waals surface area contributed by atoms with E-state index in [4.69, 9.17) is 9.47 Å². The van der Waals surface area contributed by atoms with Gasteiger partial charge in [0.2, 0.25) is 17.7 Å². The van der Waals surface area contributed by atoms with Gasteiger partial charge in [0.05, 0.1) is 36.6 Å². The zero-order valence-corrected chi connectivity index (χ0v) is 28.7. The van der Waals surface area contributed by atoms with Crippen LogP contribution in [0.3, 0.4) is 0 Å². The molecule has 8 atom stereocenters. The summed E-state index contributed by atoms with van der Waals surface area (Å²) < 4.78 is 12.9. The number of likely N-dealkylation sites (tertiary alicyclic amines) is 1. The molecule has 0 unspecified atom stereocenters. The smallest absolute Gasteiger partial charge is 0.313 e. The normalized spacial score (nSPS) is 25.7. The van der Waals surface area contributed by atoms with E-state index >= 15 is 0 Å². The van der Waals surface area contributed by atoms with Crippen molar-refractivity contribution in [2.45, 2.75) is 88.9 Å². The van der Waals surface area contributed by atoms with Crippen LogP contribution in [-0.2, 0) is 35.2 Å². The second-order valence-corrected chi connectivity index (χ2v) is 13.7. The van der Waals surface area contributed by atoms with E-state index in [1.54, 1.807) is 24.0 Å². The number of benzene rings is 2. The Morgan fingerprint density at radius 3 is 2.37 bits per heavy atom. The number of esters is 1. The van der Waals surface area contributed by atoms with E-state index in [2.05, 4.69) is 18.5 Å². The number of allylic oxidation sites excluding steroid dienone is 1. The summed E-state index contributed by atoms with van der Waals surface area (Å²) in [4.78, 5) is 59.5. The third-order valence-electron chi connectivity index (χ3n) is 10.2. The van der Waals surface area contributed by atoms with Gasteiger partial charge in [0, 0.05) is 19.5 Å². The molecule has 0 aliphatic carbocycles. The fourth-order valence-corrected chi connectivity index (χ4v) is 7.92. The van der Waals surface area contributed by atoms with Crippen molar-refractivity contribution in [2.24, 2.45) is 17.8 Å². The average molecular weight is 672 g/mol. The van der Waals surface area contributed by atoms with Crippen LogP contribution in [0.1, 0.15) is 63.7 Å². The van der Waals surface area contributed by atoms with E-state index < -0.39 is 59.6 Å². The number of hydrogen-bond donors (Lipinski definition) is 2. The molecule has 2 aromatic carbocycles. The molecule has 2 aromatic rings. The number of ether oxygens (including phenoxy) is 2. The lowest BCUT2D eigenvalue weighted by atomic mass is 9.70. The van der Waals surface area contributed by atoms with Crippen LogP contribution < -0.4 is 5.32 Å². The summed E-state index contributed by atoms with van der Waals surface area (Å²) in [7, 11) is 0. The molecule has 1 spiro atoms. The molecule has 10 heteroatoms. The van der Waals surface area contributed by atoms with Crippen LogP contribution in [0.15, 0.2) is 86.0 Å². The van der Waals surface area contributed by atoms with E-state index in [1.807, 2.05) is 74.5 Å². The Kier molecular flexibility index (Phi) is 11.4. The van der Waals surface area contributed by atoms with Crippen molar-refractivity contribution in [1.82, 2.24) is 15.1 Å². The molecule has 2 N–H and O–H groups in total. The minimum Gasteiger partial charge on any atom is -0.455 e. The first-order valence-corrected chi connectivity index (χ1v) is 17.3. The van der Waals surface area contributed by atoms with Crippen molar-refractivity contribution >= 4 is 23.7 Å². The summed E-state index contributed by atoms with van der Waals surface area (Å²) in [6, 6.07) is 16.4. The molecular formula is C39H49N3O7. The first kappa shape index (κ1) is 36.0. The molecule has 3 aliphatic rings. The summed E-state index contributed by atoms with van der Waals surface area (Å²) in [6.07, 6.45) is 3.50. The first-order valence-electron chi connectivity index (χ1n) is 17.3. The number of rotatable bonds is 16. The second-order valence-electron chi connectivity index (χ2n) is 13.7. The minimum absolute atomic E-state index is 0.183. The van der Waals surface area contributed by atoms with E-state index in [-0.39, 0.29) is 37.3 Å². The molecule has 0 radical (unpaired) electrons. The Morgan fingerprint density at radius 1 is 1.08 bits per heavy atom. The van der Waals surface area contributed by atoms with Crippen molar-refractivity contribution in [2.75, 3.05) is 13.2 Å². The van der Waals surface area contributed by atoms with Gasteiger partial charge in [0.25, 0.3) is 0 Å². The maximum absolute atomic E-state index is 14.7. The first-order chi connectivity index (χ1) is 23.6. The van der Waals surface area contributed by atoms with Gasteiger partial charge < -0.3 is 29.7 Å². The summed E-state index contributed by atoms with van der Waals surface area (Å²) in [5, 5.41) is 13.5. The molecule has 10 nitrogen and oxygen atoms in total. The van der Waals surface area contributed by atoms with Crippen LogP contribution in [0.4, 0.5) is 0 Å². The monoisotopic (exact) mass is 671 g/mol. The van der Waals surface area contributed by atoms with E-state index in [1.165, 1.54) is 4.90 Å². The Morgan fingerprint density at radius 2 is 1.76 bits per heavy atom. The number of amides is 3. The van der Waals surface area contributed by atoms with E-state index in [9.17, 15) is 24.3 Å². The second kappa shape index (κ2) is 15.5. The van der Waals surface area contributed by atoms with Gasteiger partial charge in [-0.25, -0.2) is 0 Å². The van der Waals surface area contributed by atoms with Crippen LogP contribution in [-0.4, -0.2) is 81.6 Å². The topological polar surface area (TPSA) is 125 Å². The number of hydrogen-bond acceptors (Lipinski definition) is 7. The summed E-state index contributed by atoms with van der Waals surface area (Å²) in [5.41, 5.74) is 0.342. The van der Waals surface area contributed by atoms with Gasteiger partial charge in [-0.15, -0.1) is 13.2 Å². The van der Waals surface area contributed by atoms with Crippen LogP contribution in [0.2, 0.25) is 0 Å². The highest BCUT2D eigenvalue weighted by atomic mass is 16.6. The number of nitrogens with one attached hydrogen (secondary N) is 1. The van der Waals surface area contributed by atoms with Crippen molar-refractivity contribution in [1.29, 1.82) is 0 Å². The average Bonchev–Trinajstić information content (AvgIpc) is 3.74. The number of nitrogens with zero attached hydrogens (tertiary/aromatic N) is 2. The molecule has 262 valence electrons. The zero-order valence-electron chi connectivity index (χ0n) is 28.7. The SMILES string of the molecule is C=CCCC(=O)N[C@H](C)[C@@H](OC(=O)[C@@H]1[C@H]2C(=O)N([C@@H](CO)C(C)C)[C@H](C(=O)N(CC=C)Cc3ccccc3)[C@]23CC[C@H]1O3)c1ccccc1. The van der Waals surface area contributed by atoms with Crippen LogP contribution >= 0.6 is 0 Å². The van der Waals surface area contributed by atoms with Crippen molar-refractivity contribution in [3.8, 4) is 0 Å². The molecule has 3 fully saturated rings. The van der Waals surface area contributed by atoms with Crippen molar-refractivity contribution < 1.29 is 33.8 Å². The highest BCUT2D eigenvalue weighted by Gasteiger charge is 2.76. The van der Waals surface area contributed by atoms with Crippen LogP contribution in [0.5, 0.6) is 0 Å². The predicted octanol–water partition coefficient (Wildman–Crippen LogP) is 4.35.